The largest absolute Gasteiger partial charge is 0.440 e. The first-order valence-corrected chi connectivity index (χ1v) is 9.76. The van der Waals surface area contributed by atoms with Crippen LogP contribution in [0.2, 0.25) is 0 Å². The smallest absolute Gasteiger partial charge is 0.259 e. The van der Waals surface area contributed by atoms with E-state index in [0.29, 0.717) is 23.5 Å². The van der Waals surface area contributed by atoms with Gasteiger partial charge in [0.15, 0.2) is 5.41 Å². The van der Waals surface area contributed by atoms with Crippen LogP contribution in [0.25, 0.3) is 0 Å². The van der Waals surface area contributed by atoms with Crippen molar-refractivity contribution in [3.63, 3.8) is 0 Å². The van der Waals surface area contributed by atoms with E-state index in [2.05, 4.69) is 5.32 Å². The number of pyridine rings is 1. The fourth-order valence-corrected chi connectivity index (χ4v) is 4.50. The number of fused-ring (bicyclic) bond motifs is 4. The Morgan fingerprint density at radius 1 is 1.13 bits per heavy atom. The van der Waals surface area contributed by atoms with E-state index in [0.717, 1.165) is 5.56 Å². The molecule has 2 aromatic carbocycles. The number of anilines is 1. The molecule has 1 spiro atoms. The zero-order chi connectivity index (χ0) is 21.8. The van der Waals surface area contributed by atoms with Crippen LogP contribution in [-0.4, -0.2) is 10.5 Å². The average Bonchev–Trinajstić information content (AvgIpc) is 3.04. The van der Waals surface area contributed by atoms with Crippen LogP contribution in [0, 0.1) is 18.3 Å². The predicted molar refractivity (Wildman–Crippen MR) is 114 cm³/mol. The lowest BCUT2D eigenvalue weighted by molar-refractivity contribution is -0.118. The molecule has 7 nitrogen and oxygen atoms in total. The van der Waals surface area contributed by atoms with Gasteiger partial charge in [0.25, 0.3) is 5.56 Å². The fourth-order valence-electron chi connectivity index (χ4n) is 4.50. The third kappa shape index (κ3) is 2.45. The maximum Gasteiger partial charge on any atom is 0.259 e. The molecule has 0 fully saturated rings. The minimum absolute atomic E-state index is 0.0883. The number of nitrogens with two attached hydrogens (primary N) is 1. The van der Waals surface area contributed by atoms with Crippen molar-refractivity contribution in [1.82, 2.24) is 4.57 Å². The van der Waals surface area contributed by atoms with Crippen molar-refractivity contribution in [1.29, 1.82) is 5.26 Å². The zero-order valence-corrected chi connectivity index (χ0v) is 16.7. The van der Waals surface area contributed by atoms with Gasteiger partial charge in [-0.1, -0.05) is 48.5 Å². The van der Waals surface area contributed by atoms with E-state index in [1.807, 2.05) is 36.4 Å². The molecule has 3 heterocycles. The summed E-state index contributed by atoms with van der Waals surface area (Å²) in [5.74, 6) is -0.485. The molecule has 152 valence electrons. The van der Waals surface area contributed by atoms with Crippen LogP contribution in [0.4, 0.5) is 5.69 Å². The highest BCUT2D eigenvalue weighted by molar-refractivity contribution is 6.12. The van der Waals surface area contributed by atoms with Crippen LogP contribution in [0.1, 0.15) is 22.4 Å². The molecule has 5 rings (SSSR count). The molecule has 3 aromatic rings. The summed E-state index contributed by atoms with van der Waals surface area (Å²) in [5, 5.41) is 12.8. The average molecular weight is 410 g/mol. The summed E-state index contributed by atoms with van der Waals surface area (Å²) < 4.78 is 7.28. The molecule has 1 amide bonds. The van der Waals surface area contributed by atoms with E-state index in [1.54, 1.807) is 41.8 Å². The third-order valence-electron chi connectivity index (χ3n) is 5.90. The first-order valence-electron chi connectivity index (χ1n) is 9.76. The number of aryl methyl sites for hydroxylation is 1. The number of carbonyl (C=O) groups is 1. The number of hydrogen-bond acceptors (Lipinski definition) is 5. The Kier molecular flexibility index (Phi) is 3.99. The van der Waals surface area contributed by atoms with Gasteiger partial charge < -0.3 is 20.4 Å². The van der Waals surface area contributed by atoms with Crippen LogP contribution in [0.15, 0.2) is 76.9 Å². The van der Waals surface area contributed by atoms with Crippen molar-refractivity contribution in [2.75, 3.05) is 5.32 Å². The van der Waals surface area contributed by atoms with Crippen LogP contribution in [0.3, 0.4) is 0 Å². The second kappa shape index (κ2) is 6.61. The molecule has 0 saturated heterocycles. The van der Waals surface area contributed by atoms with Gasteiger partial charge in [-0.3, -0.25) is 9.59 Å². The Balaban J connectivity index is 1.85. The lowest BCUT2D eigenvalue weighted by atomic mass is 9.69. The molecule has 1 unspecified atom stereocenters. The lowest BCUT2D eigenvalue weighted by Gasteiger charge is -2.33. The quantitative estimate of drug-likeness (QED) is 0.675. The standard InChI is InChI=1S/C24H18N4O3/c1-14-11-19-20(22(29)28(14)13-15-7-3-2-4-8-15)24(17(12-25)21(26)31-19)16-9-5-6-10-18(16)27-23(24)30/h2-11H,13,26H2,1H3,(H,27,30). The van der Waals surface area contributed by atoms with Crippen LogP contribution in [-0.2, 0) is 16.8 Å². The van der Waals surface area contributed by atoms with E-state index >= 15 is 0 Å². The fraction of sp³-hybridized carbons (Fsp3) is 0.125. The summed E-state index contributed by atoms with van der Waals surface area (Å²) in [4.78, 5) is 27.3. The van der Waals surface area contributed by atoms with Gasteiger partial charge in [-0.05, 0) is 18.6 Å². The molecule has 7 heteroatoms. The number of hydrogen-bond donors (Lipinski definition) is 2. The molecule has 1 aromatic heterocycles. The molecular weight excluding hydrogens is 392 g/mol. The molecule has 0 bridgehead atoms. The molecule has 2 aliphatic heterocycles. The monoisotopic (exact) mass is 410 g/mol. The Morgan fingerprint density at radius 2 is 1.84 bits per heavy atom. The van der Waals surface area contributed by atoms with E-state index in [9.17, 15) is 14.9 Å². The minimum Gasteiger partial charge on any atom is -0.440 e. The number of amides is 1. The summed E-state index contributed by atoms with van der Waals surface area (Å²) in [7, 11) is 0. The zero-order valence-electron chi connectivity index (χ0n) is 16.7. The van der Waals surface area contributed by atoms with E-state index in [4.69, 9.17) is 10.5 Å². The number of nitrogens with one attached hydrogen (secondary N) is 1. The van der Waals surface area contributed by atoms with Gasteiger partial charge in [0.1, 0.15) is 17.4 Å². The summed E-state index contributed by atoms with van der Waals surface area (Å²) in [5.41, 5.74) is 6.68. The van der Waals surface area contributed by atoms with Crippen molar-refractivity contribution in [2.24, 2.45) is 5.73 Å². The molecule has 31 heavy (non-hydrogen) atoms. The molecule has 3 N–H and O–H groups in total. The van der Waals surface area contributed by atoms with Gasteiger partial charge in [0.05, 0.1) is 12.1 Å². The van der Waals surface area contributed by atoms with Gasteiger partial charge in [0, 0.05) is 23.0 Å². The van der Waals surface area contributed by atoms with Gasteiger partial charge in [-0.15, -0.1) is 0 Å². The highest BCUT2D eigenvalue weighted by atomic mass is 16.5. The van der Waals surface area contributed by atoms with Crippen molar-refractivity contribution in [3.05, 3.63) is 105 Å². The molecule has 2 aliphatic rings. The molecule has 1 atom stereocenters. The van der Waals surface area contributed by atoms with Crippen LogP contribution in [0.5, 0.6) is 5.75 Å². The number of para-hydroxylation sites is 1. The Morgan fingerprint density at radius 3 is 2.58 bits per heavy atom. The number of aromatic nitrogens is 1. The highest BCUT2D eigenvalue weighted by Crippen LogP contribution is 2.51. The van der Waals surface area contributed by atoms with Crippen molar-refractivity contribution >= 4 is 11.6 Å². The maximum absolute atomic E-state index is 13.9. The van der Waals surface area contributed by atoms with Gasteiger partial charge in [0.2, 0.25) is 11.8 Å². The second-order valence-corrected chi connectivity index (χ2v) is 7.60. The van der Waals surface area contributed by atoms with E-state index in [-0.39, 0.29) is 22.8 Å². The van der Waals surface area contributed by atoms with E-state index < -0.39 is 16.9 Å². The SMILES string of the molecule is Cc1cc2c(c(=O)n1Cc1ccccc1)C1(C(=O)Nc3ccccc31)C(C#N)=C(N)O2. The lowest BCUT2D eigenvalue weighted by Crippen LogP contribution is -2.47. The topological polar surface area (TPSA) is 110 Å². The molecular formula is C24H18N4O3. The van der Waals surface area contributed by atoms with Crippen LogP contribution < -0.4 is 21.3 Å². The first kappa shape index (κ1) is 18.7. The summed E-state index contributed by atoms with van der Waals surface area (Å²) in [6.07, 6.45) is 0. The Labute approximate surface area is 178 Å². The van der Waals surface area contributed by atoms with Gasteiger partial charge in [-0.25, -0.2) is 0 Å². The third-order valence-corrected chi connectivity index (χ3v) is 5.90. The number of carbonyl (C=O) groups excluding carboxylic acids is 1. The molecule has 0 saturated carbocycles. The summed E-state index contributed by atoms with van der Waals surface area (Å²) in [6.45, 7) is 2.11. The van der Waals surface area contributed by atoms with Crippen molar-refractivity contribution in [2.45, 2.75) is 18.9 Å². The van der Waals surface area contributed by atoms with Gasteiger partial charge in [-0.2, -0.15) is 5.26 Å². The Hall–Kier alpha value is -4.31. The van der Waals surface area contributed by atoms with E-state index in [1.165, 1.54) is 0 Å². The van der Waals surface area contributed by atoms with Crippen molar-refractivity contribution < 1.29 is 9.53 Å². The molecule has 0 aliphatic carbocycles. The Bertz CT molecular complexity index is 1380. The number of rotatable bonds is 2. The highest BCUT2D eigenvalue weighted by Gasteiger charge is 2.58. The number of nitrogens with zero attached hydrogens (tertiary/aromatic N) is 2. The predicted octanol–water partition coefficient (Wildman–Crippen LogP) is 2.53. The first-order chi connectivity index (χ1) is 15.0. The maximum atomic E-state index is 13.9. The molecule has 0 radical (unpaired) electrons. The number of ether oxygens (including phenoxy) is 1. The second-order valence-electron chi connectivity index (χ2n) is 7.60. The van der Waals surface area contributed by atoms with Crippen LogP contribution >= 0.6 is 0 Å². The minimum atomic E-state index is -1.66. The van der Waals surface area contributed by atoms with Crippen molar-refractivity contribution in [3.8, 4) is 11.8 Å². The number of benzene rings is 2. The normalized spacial score (nSPS) is 18.8. The summed E-state index contributed by atoms with van der Waals surface area (Å²) in [6, 6.07) is 20.3. The number of nitriles is 1. The van der Waals surface area contributed by atoms with Gasteiger partial charge >= 0.3 is 0 Å². The summed E-state index contributed by atoms with van der Waals surface area (Å²) >= 11 is 0.